The smallest absolute Gasteiger partial charge is 0.307 e. The molecule has 0 aliphatic heterocycles. The first kappa shape index (κ1) is 15.0. The second-order valence-electron chi connectivity index (χ2n) is 3.97. The second kappa shape index (κ2) is 5.95. The number of carboxylic acids is 1. The zero-order valence-electron chi connectivity index (χ0n) is 9.83. The molecule has 3 nitrogen and oxygen atoms in total. The van der Waals surface area contributed by atoms with E-state index < -0.39 is 11.9 Å². The van der Waals surface area contributed by atoms with Gasteiger partial charge in [-0.15, -0.1) is 0 Å². The van der Waals surface area contributed by atoms with Crippen molar-refractivity contribution in [2.24, 2.45) is 0 Å². The quantitative estimate of drug-likeness (QED) is 0.665. The summed E-state index contributed by atoms with van der Waals surface area (Å²) >= 11 is 17.7. The summed E-state index contributed by atoms with van der Waals surface area (Å²) in [5.74, 6) is -1.78. The normalized spacial score (nSPS) is 10.6. The van der Waals surface area contributed by atoms with Crippen molar-refractivity contribution >= 4 is 40.8 Å². The molecule has 0 amide bonds. The highest BCUT2D eigenvalue weighted by atomic mass is 35.5. The van der Waals surface area contributed by atoms with E-state index in [0.29, 0.717) is 11.1 Å². The van der Waals surface area contributed by atoms with Crippen LogP contribution in [0.15, 0.2) is 24.3 Å². The Morgan fingerprint density at radius 1 is 1.20 bits per heavy atom. The van der Waals surface area contributed by atoms with Gasteiger partial charge in [-0.25, -0.2) is 4.98 Å². The molecule has 20 heavy (non-hydrogen) atoms. The van der Waals surface area contributed by atoms with Crippen LogP contribution in [0.3, 0.4) is 0 Å². The van der Waals surface area contributed by atoms with Crippen LogP contribution in [0.25, 0.3) is 11.3 Å². The minimum Gasteiger partial charge on any atom is -0.481 e. The van der Waals surface area contributed by atoms with Crippen molar-refractivity contribution in [1.82, 2.24) is 4.98 Å². The Morgan fingerprint density at radius 3 is 2.35 bits per heavy atom. The largest absolute Gasteiger partial charge is 0.481 e. The van der Waals surface area contributed by atoms with Crippen LogP contribution < -0.4 is 0 Å². The minimum absolute atomic E-state index is 0.174. The minimum atomic E-state index is -1.05. The zero-order chi connectivity index (χ0) is 14.9. The molecule has 7 heteroatoms. The van der Waals surface area contributed by atoms with Gasteiger partial charge in [0.2, 0.25) is 5.95 Å². The van der Waals surface area contributed by atoms with Gasteiger partial charge in [0.1, 0.15) is 0 Å². The standard InChI is InChI=1S/C13H7Cl3FNO2/c14-8-3-7(4-9(15)12(8)16)13-6(5-11(19)20)1-2-10(17)18-13/h1-4H,5H2,(H,19,20). The van der Waals surface area contributed by atoms with Gasteiger partial charge in [0.05, 0.1) is 27.2 Å². The number of carbonyl (C=O) groups is 1. The summed E-state index contributed by atoms with van der Waals surface area (Å²) in [6, 6.07) is 5.38. The van der Waals surface area contributed by atoms with Crippen LogP contribution in [0, 0.1) is 5.95 Å². The summed E-state index contributed by atoms with van der Waals surface area (Å²) in [5.41, 5.74) is 0.932. The molecule has 2 aromatic rings. The number of halogens is 4. The molecule has 1 aromatic carbocycles. The van der Waals surface area contributed by atoms with Crippen molar-refractivity contribution < 1.29 is 14.3 Å². The summed E-state index contributed by atoms with van der Waals surface area (Å²) in [7, 11) is 0. The van der Waals surface area contributed by atoms with Crippen molar-refractivity contribution in [3.63, 3.8) is 0 Å². The first-order valence-electron chi connectivity index (χ1n) is 5.40. The summed E-state index contributed by atoms with van der Waals surface area (Å²) < 4.78 is 13.3. The topological polar surface area (TPSA) is 50.2 Å². The number of hydrogen-bond acceptors (Lipinski definition) is 2. The van der Waals surface area contributed by atoms with Crippen LogP contribution in [0.2, 0.25) is 15.1 Å². The fourth-order valence-corrected chi connectivity index (χ4v) is 2.31. The summed E-state index contributed by atoms with van der Waals surface area (Å²) in [4.78, 5) is 14.5. The Hall–Kier alpha value is -1.36. The highest BCUT2D eigenvalue weighted by molar-refractivity contribution is 6.48. The van der Waals surface area contributed by atoms with Gasteiger partial charge in [-0.05, 0) is 23.8 Å². The molecule has 0 unspecified atom stereocenters. The van der Waals surface area contributed by atoms with Crippen molar-refractivity contribution in [1.29, 1.82) is 0 Å². The van der Waals surface area contributed by atoms with Crippen molar-refractivity contribution in [3.05, 3.63) is 50.8 Å². The van der Waals surface area contributed by atoms with E-state index in [0.717, 1.165) is 6.07 Å². The Kier molecular flexibility index (Phi) is 4.48. The molecule has 0 spiro atoms. The highest BCUT2D eigenvalue weighted by Gasteiger charge is 2.14. The van der Waals surface area contributed by atoms with Gasteiger partial charge in [-0.2, -0.15) is 4.39 Å². The lowest BCUT2D eigenvalue weighted by molar-refractivity contribution is -0.136. The molecule has 1 N–H and O–H groups in total. The van der Waals surface area contributed by atoms with Crippen LogP contribution in [0.5, 0.6) is 0 Å². The van der Waals surface area contributed by atoms with E-state index in [1.165, 1.54) is 18.2 Å². The van der Waals surface area contributed by atoms with Crippen LogP contribution in [0.4, 0.5) is 4.39 Å². The Morgan fingerprint density at radius 2 is 1.80 bits per heavy atom. The number of rotatable bonds is 3. The van der Waals surface area contributed by atoms with Crippen molar-refractivity contribution in [2.45, 2.75) is 6.42 Å². The summed E-state index contributed by atoms with van der Waals surface area (Å²) in [6.45, 7) is 0. The SMILES string of the molecule is O=C(O)Cc1ccc(F)nc1-c1cc(Cl)c(Cl)c(Cl)c1. The van der Waals surface area contributed by atoms with E-state index in [1.54, 1.807) is 0 Å². The van der Waals surface area contributed by atoms with Crippen LogP contribution in [0.1, 0.15) is 5.56 Å². The number of nitrogens with zero attached hydrogens (tertiary/aromatic N) is 1. The maximum absolute atomic E-state index is 13.3. The molecule has 1 heterocycles. The van der Waals surface area contributed by atoms with Crippen LogP contribution in [-0.4, -0.2) is 16.1 Å². The Balaban J connectivity index is 2.61. The first-order valence-corrected chi connectivity index (χ1v) is 6.54. The number of aliphatic carboxylic acids is 1. The molecule has 0 bridgehead atoms. The van der Waals surface area contributed by atoms with Gasteiger partial charge in [-0.3, -0.25) is 4.79 Å². The van der Waals surface area contributed by atoms with Gasteiger partial charge in [0, 0.05) is 5.56 Å². The monoisotopic (exact) mass is 333 g/mol. The van der Waals surface area contributed by atoms with Gasteiger partial charge in [-0.1, -0.05) is 40.9 Å². The molecule has 104 valence electrons. The fraction of sp³-hybridized carbons (Fsp3) is 0.0769. The van der Waals surface area contributed by atoms with Gasteiger partial charge >= 0.3 is 5.97 Å². The molecule has 0 atom stereocenters. The number of pyridine rings is 1. The molecule has 1 aromatic heterocycles. The van der Waals surface area contributed by atoms with Crippen molar-refractivity contribution in [2.75, 3.05) is 0 Å². The third kappa shape index (κ3) is 3.20. The molecule has 0 radical (unpaired) electrons. The van der Waals surface area contributed by atoms with Gasteiger partial charge in [0.15, 0.2) is 0 Å². The predicted molar refractivity (Wildman–Crippen MR) is 76.0 cm³/mol. The summed E-state index contributed by atoms with van der Waals surface area (Å²) in [5, 5.41) is 9.40. The van der Waals surface area contributed by atoms with Crippen LogP contribution >= 0.6 is 34.8 Å². The lowest BCUT2D eigenvalue weighted by atomic mass is 10.0. The van der Waals surface area contributed by atoms with E-state index in [4.69, 9.17) is 39.9 Å². The van der Waals surface area contributed by atoms with E-state index in [-0.39, 0.29) is 27.2 Å². The van der Waals surface area contributed by atoms with E-state index in [9.17, 15) is 9.18 Å². The van der Waals surface area contributed by atoms with E-state index >= 15 is 0 Å². The second-order valence-corrected chi connectivity index (χ2v) is 5.16. The number of aromatic nitrogens is 1. The molecule has 0 aliphatic carbocycles. The van der Waals surface area contributed by atoms with Crippen molar-refractivity contribution in [3.8, 4) is 11.3 Å². The lowest BCUT2D eigenvalue weighted by Gasteiger charge is -2.09. The predicted octanol–water partition coefficient (Wildman–Crippen LogP) is 4.48. The molecular weight excluding hydrogens is 328 g/mol. The average molecular weight is 335 g/mol. The zero-order valence-corrected chi connectivity index (χ0v) is 12.1. The number of hydrogen-bond donors (Lipinski definition) is 1. The average Bonchev–Trinajstić information content (AvgIpc) is 2.37. The molecule has 0 saturated heterocycles. The molecular formula is C13H7Cl3FNO2. The molecule has 0 aliphatic rings. The molecule has 2 rings (SSSR count). The van der Waals surface area contributed by atoms with E-state index in [2.05, 4.69) is 4.98 Å². The highest BCUT2D eigenvalue weighted by Crippen LogP contribution is 2.35. The third-order valence-corrected chi connectivity index (χ3v) is 3.74. The number of carboxylic acid groups (broad SMARTS) is 1. The van der Waals surface area contributed by atoms with E-state index in [1.807, 2.05) is 0 Å². The Bertz CT molecular complexity index is 668. The third-order valence-electron chi connectivity index (χ3n) is 2.54. The lowest BCUT2D eigenvalue weighted by Crippen LogP contribution is -2.04. The fourth-order valence-electron chi connectivity index (χ4n) is 1.71. The maximum atomic E-state index is 13.3. The van der Waals surface area contributed by atoms with Gasteiger partial charge < -0.3 is 5.11 Å². The summed E-state index contributed by atoms with van der Waals surface area (Å²) in [6.07, 6.45) is -0.291. The maximum Gasteiger partial charge on any atom is 0.307 e. The number of benzene rings is 1. The first-order chi connectivity index (χ1) is 9.38. The Labute approximate surface area is 128 Å². The van der Waals surface area contributed by atoms with Crippen LogP contribution in [-0.2, 0) is 11.2 Å². The molecule has 0 fully saturated rings. The molecule has 0 saturated carbocycles. The van der Waals surface area contributed by atoms with Gasteiger partial charge in [0.25, 0.3) is 0 Å².